The summed E-state index contributed by atoms with van der Waals surface area (Å²) in [5, 5.41) is 2.71. The molecule has 0 aromatic heterocycles. The summed E-state index contributed by atoms with van der Waals surface area (Å²) in [6.45, 7) is 6.28. The fraction of sp³-hybridized carbons (Fsp3) is 0.409. The second kappa shape index (κ2) is 9.11. The molecule has 3 rings (SSSR count). The standard InChI is InChI=1S/C22H27FN2O2/c1-16-9-10-20(23)21(12-16)24-22(26)15-25(14-19-8-5-11-27-19)13-18-7-4-3-6-17(18)2/h3-4,6-7,9-10,12,19H,5,8,11,13-15H2,1-2H3,(H,24,26)/t19-/m0/s1. The summed E-state index contributed by atoms with van der Waals surface area (Å²) >= 11 is 0. The van der Waals surface area contributed by atoms with Gasteiger partial charge in [-0.2, -0.15) is 0 Å². The van der Waals surface area contributed by atoms with E-state index in [1.165, 1.54) is 17.2 Å². The quantitative estimate of drug-likeness (QED) is 0.799. The third kappa shape index (κ3) is 5.62. The van der Waals surface area contributed by atoms with Gasteiger partial charge in [-0.3, -0.25) is 9.69 Å². The van der Waals surface area contributed by atoms with Gasteiger partial charge in [0, 0.05) is 19.7 Å². The third-order valence-electron chi connectivity index (χ3n) is 4.90. The Balaban J connectivity index is 1.68. The lowest BCUT2D eigenvalue weighted by molar-refractivity contribution is -0.117. The van der Waals surface area contributed by atoms with Gasteiger partial charge in [-0.25, -0.2) is 4.39 Å². The highest BCUT2D eigenvalue weighted by Crippen LogP contribution is 2.18. The molecule has 1 heterocycles. The number of anilines is 1. The van der Waals surface area contributed by atoms with Gasteiger partial charge in [0.2, 0.25) is 5.91 Å². The van der Waals surface area contributed by atoms with Crippen molar-refractivity contribution in [1.29, 1.82) is 0 Å². The number of carbonyl (C=O) groups excluding carboxylic acids is 1. The fourth-order valence-corrected chi connectivity index (χ4v) is 3.42. The Morgan fingerprint density at radius 1 is 1.26 bits per heavy atom. The van der Waals surface area contributed by atoms with Gasteiger partial charge >= 0.3 is 0 Å². The number of rotatable bonds is 7. The summed E-state index contributed by atoms with van der Waals surface area (Å²) in [5.41, 5.74) is 3.51. The van der Waals surface area contributed by atoms with Crippen molar-refractivity contribution in [2.45, 2.75) is 39.3 Å². The van der Waals surface area contributed by atoms with Crippen LogP contribution in [-0.2, 0) is 16.1 Å². The Labute approximate surface area is 160 Å². The molecule has 2 aromatic carbocycles. The van der Waals surface area contributed by atoms with E-state index in [9.17, 15) is 9.18 Å². The lowest BCUT2D eigenvalue weighted by atomic mass is 10.1. The fourth-order valence-electron chi connectivity index (χ4n) is 3.42. The first kappa shape index (κ1) is 19.5. The summed E-state index contributed by atoms with van der Waals surface area (Å²) in [5.74, 6) is -0.635. The van der Waals surface area contributed by atoms with Crippen molar-refractivity contribution >= 4 is 11.6 Å². The Morgan fingerprint density at radius 3 is 2.81 bits per heavy atom. The Kier molecular flexibility index (Phi) is 6.58. The van der Waals surface area contributed by atoms with E-state index in [1.807, 2.05) is 19.1 Å². The van der Waals surface area contributed by atoms with Crippen LogP contribution in [0.3, 0.4) is 0 Å². The molecule has 1 atom stereocenters. The van der Waals surface area contributed by atoms with Gasteiger partial charge in [-0.05, 0) is 55.5 Å². The predicted octanol–water partition coefficient (Wildman–Crippen LogP) is 4.06. The predicted molar refractivity (Wildman–Crippen MR) is 105 cm³/mol. The van der Waals surface area contributed by atoms with Crippen LogP contribution in [0.5, 0.6) is 0 Å². The molecule has 1 aliphatic rings. The van der Waals surface area contributed by atoms with Gasteiger partial charge < -0.3 is 10.1 Å². The number of aryl methyl sites for hydroxylation is 2. The molecule has 1 fully saturated rings. The number of hydrogen-bond acceptors (Lipinski definition) is 3. The number of amides is 1. The van der Waals surface area contributed by atoms with E-state index in [-0.39, 0.29) is 24.2 Å². The van der Waals surface area contributed by atoms with E-state index in [2.05, 4.69) is 29.3 Å². The molecular weight excluding hydrogens is 343 g/mol. The van der Waals surface area contributed by atoms with Crippen LogP contribution in [0.15, 0.2) is 42.5 Å². The minimum atomic E-state index is -0.418. The molecule has 5 heteroatoms. The highest BCUT2D eigenvalue weighted by Gasteiger charge is 2.22. The van der Waals surface area contributed by atoms with Gasteiger partial charge in [-0.15, -0.1) is 0 Å². The van der Waals surface area contributed by atoms with E-state index in [4.69, 9.17) is 4.74 Å². The Bertz CT molecular complexity index is 788. The number of nitrogens with one attached hydrogen (secondary N) is 1. The molecule has 0 aliphatic carbocycles. The molecule has 144 valence electrons. The summed E-state index contributed by atoms with van der Waals surface area (Å²) in [4.78, 5) is 14.7. The maximum Gasteiger partial charge on any atom is 0.238 e. The Morgan fingerprint density at radius 2 is 2.07 bits per heavy atom. The van der Waals surface area contributed by atoms with E-state index < -0.39 is 5.82 Å². The maximum absolute atomic E-state index is 13.9. The number of hydrogen-bond donors (Lipinski definition) is 1. The largest absolute Gasteiger partial charge is 0.377 e. The van der Waals surface area contributed by atoms with Crippen molar-refractivity contribution in [2.75, 3.05) is 25.0 Å². The van der Waals surface area contributed by atoms with E-state index in [0.29, 0.717) is 13.1 Å². The zero-order chi connectivity index (χ0) is 19.2. The molecule has 1 saturated heterocycles. The highest BCUT2D eigenvalue weighted by atomic mass is 19.1. The van der Waals surface area contributed by atoms with Crippen LogP contribution in [0.4, 0.5) is 10.1 Å². The van der Waals surface area contributed by atoms with Crippen molar-refractivity contribution in [3.05, 3.63) is 65.0 Å². The first-order chi connectivity index (χ1) is 13.0. The van der Waals surface area contributed by atoms with Crippen molar-refractivity contribution in [2.24, 2.45) is 0 Å². The van der Waals surface area contributed by atoms with Crippen molar-refractivity contribution in [1.82, 2.24) is 4.90 Å². The van der Waals surface area contributed by atoms with Crippen molar-refractivity contribution in [3.8, 4) is 0 Å². The molecule has 1 N–H and O–H groups in total. The molecule has 0 bridgehead atoms. The third-order valence-corrected chi connectivity index (χ3v) is 4.90. The number of ether oxygens (including phenoxy) is 1. The normalized spacial score (nSPS) is 16.7. The lowest BCUT2D eigenvalue weighted by Gasteiger charge is -2.25. The summed E-state index contributed by atoms with van der Waals surface area (Å²) in [6, 6.07) is 12.9. The van der Waals surface area contributed by atoms with Gasteiger partial charge in [-0.1, -0.05) is 30.3 Å². The molecule has 0 saturated carbocycles. The van der Waals surface area contributed by atoms with Crippen LogP contribution in [-0.4, -0.2) is 36.6 Å². The zero-order valence-electron chi connectivity index (χ0n) is 16.0. The van der Waals surface area contributed by atoms with Crippen molar-refractivity contribution in [3.63, 3.8) is 0 Å². The summed E-state index contributed by atoms with van der Waals surface area (Å²) < 4.78 is 19.7. The average molecular weight is 370 g/mol. The summed E-state index contributed by atoms with van der Waals surface area (Å²) in [6.07, 6.45) is 2.22. The van der Waals surface area contributed by atoms with Gasteiger partial charge in [0.1, 0.15) is 5.82 Å². The number of benzene rings is 2. The van der Waals surface area contributed by atoms with Crippen LogP contribution in [0.25, 0.3) is 0 Å². The van der Waals surface area contributed by atoms with Crippen LogP contribution < -0.4 is 5.32 Å². The molecule has 1 aliphatic heterocycles. The lowest BCUT2D eigenvalue weighted by Crippen LogP contribution is -2.38. The molecular formula is C22H27FN2O2. The first-order valence-corrected chi connectivity index (χ1v) is 9.46. The van der Waals surface area contributed by atoms with Gasteiger partial charge in [0.25, 0.3) is 0 Å². The van der Waals surface area contributed by atoms with Gasteiger partial charge in [0.05, 0.1) is 18.3 Å². The highest BCUT2D eigenvalue weighted by molar-refractivity contribution is 5.92. The maximum atomic E-state index is 13.9. The molecule has 27 heavy (non-hydrogen) atoms. The summed E-state index contributed by atoms with van der Waals surface area (Å²) in [7, 11) is 0. The molecule has 0 spiro atoms. The smallest absolute Gasteiger partial charge is 0.238 e. The van der Waals surface area contributed by atoms with E-state index in [0.717, 1.165) is 25.0 Å². The number of halogens is 1. The monoisotopic (exact) mass is 370 g/mol. The minimum Gasteiger partial charge on any atom is -0.377 e. The number of carbonyl (C=O) groups is 1. The zero-order valence-corrected chi connectivity index (χ0v) is 16.0. The van der Waals surface area contributed by atoms with Crippen LogP contribution in [0, 0.1) is 19.7 Å². The van der Waals surface area contributed by atoms with E-state index >= 15 is 0 Å². The second-order valence-corrected chi connectivity index (χ2v) is 7.26. The first-order valence-electron chi connectivity index (χ1n) is 9.46. The minimum absolute atomic E-state index is 0.150. The second-order valence-electron chi connectivity index (χ2n) is 7.26. The van der Waals surface area contributed by atoms with Gasteiger partial charge in [0.15, 0.2) is 0 Å². The topological polar surface area (TPSA) is 41.6 Å². The van der Waals surface area contributed by atoms with Crippen LogP contribution >= 0.6 is 0 Å². The van der Waals surface area contributed by atoms with Crippen molar-refractivity contribution < 1.29 is 13.9 Å². The number of nitrogens with zero attached hydrogens (tertiary/aromatic N) is 1. The SMILES string of the molecule is Cc1ccc(F)c(NC(=O)CN(Cc2ccccc2C)C[C@@H]2CCCO2)c1. The molecule has 4 nitrogen and oxygen atoms in total. The van der Waals surface area contributed by atoms with Crippen LogP contribution in [0.2, 0.25) is 0 Å². The Hall–Kier alpha value is -2.24. The molecule has 2 aromatic rings. The van der Waals surface area contributed by atoms with E-state index in [1.54, 1.807) is 12.1 Å². The average Bonchev–Trinajstić information content (AvgIpc) is 3.13. The molecule has 0 radical (unpaired) electrons. The molecule has 1 amide bonds. The van der Waals surface area contributed by atoms with Crippen LogP contribution in [0.1, 0.15) is 29.5 Å². The molecule has 0 unspecified atom stereocenters.